The topological polar surface area (TPSA) is 40.6 Å². The predicted octanol–water partition coefficient (Wildman–Crippen LogP) is 2.69. The van der Waals surface area contributed by atoms with E-state index in [0.29, 0.717) is 5.92 Å². The smallest absolute Gasteiger partial charge is 0.230 e. The van der Waals surface area contributed by atoms with Crippen LogP contribution < -0.4 is 4.90 Å². The first-order valence-corrected chi connectivity index (χ1v) is 8.27. The molecule has 1 saturated carbocycles. The van der Waals surface area contributed by atoms with E-state index in [4.69, 9.17) is 0 Å². The zero-order valence-corrected chi connectivity index (χ0v) is 13.2. The quantitative estimate of drug-likeness (QED) is 0.858. The van der Waals surface area contributed by atoms with Crippen LogP contribution in [-0.2, 0) is 9.59 Å². The number of rotatable bonds is 4. The van der Waals surface area contributed by atoms with Gasteiger partial charge in [0.25, 0.3) is 0 Å². The van der Waals surface area contributed by atoms with Crippen molar-refractivity contribution in [2.24, 2.45) is 11.8 Å². The second kappa shape index (κ2) is 6.51. The Morgan fingerprint density at radius 3 is 2.55 bits per heavy atom. The second-order valence-electron chi connectivity index (χ2n) is 6.53. The molecule has 22 heavy (non-hydrogen) atoms. The van der Waals surface area contributed by atoms with E-state index in [1.807, 2.05) is 40.1 Å². The molecule has 1 atom stereocenters. The van der Waals surface area contributed by atoms with E-state index < -0.39 is 0 Å². The molecule has 1 aliphatic heterocycles. The first-order valence-electron chi connectivity index (χ1n) is 8.27. The van der Waals surface area contributed by atoms with E-state index in [9.17, 15) is 9.59 Å². The number of hydrogen-bond donors (Lipinski definition) is 0. The van der Waals surface area contributed by atoms with Crippen LogP contribution in [-0.4, -0.2) is 36.3 Å². The van der Waals surface area contributed by atoms with Gasteiger partial charge in [0.2, 0.25) is 11.8 Å². The predicted molar refractivity (Wildman–Crippen MR) is 86.5 cm³/mol. The third-order valence-corrected chi connectivity index (χ3v) is 4.67. The molecule has 118 valence electrons. The number of anilines is 1. The Kier molecular flexibility index (Phi) is 4.46. The molecule has 0 bridgehead atoms. The lowest BCUT2D eigenvalue weighted by atomic mass is 9.97. The molecule has 1 aromatic rings. The van der Waals surface area contributed by atoms with E-state index >= 15 is 0 Å². The molecule has 4 nitrogen and oxygen atoms in total. The number of carbonyl (C=O) groups is 2. The van der Waals surface area contributed by atoms with Crippen LogP contribution in [0.15, 0.2) is 30.3 Å². The molecule has 3 rings (SSSR count). The fourth-order valence-electron chi connectivity index (χ4n) is 3.24. The lowest BCUT2D eigenvalue weighted by molar-refractivity contribution is -0.130. The van der Waals surface area contributed by atoms with Gasteiger partial charge in [0.1, 0.15) is 0 Å². The zero-order chi connectivity index (χ0) is 15.5. The van der Waals surface area contributed by atoms with Crippen LogP contribution in [0.2, 0.25) is 0 Å². The van der Waals surface area contributed by atoms with Gasteiger partial charge in [-0.05, 0) is 43.7 Å². The molecular formula is C18H24N2O2. The number of piperidine rings is 1. The zero-order valence-electron chi connectivity index (χ0n) is 13.2. The van der Waals surface area contributed by atoms with E-state index in [1.54, 1.807) is 6.92 Å². The van der Waals surface area contributed by atoms with E-state index in [0.717, 1.165) is 51.0 Å². The minimum absolute atomic E-state index is 0.143. The molecule has 2 amide bonds. The van der Waals surface area contributed by atoms with Crippen molar-refractivity contribution < 1.29 is 9.59 Å². The molecule has 2 fully saturated rings. The fraction of sp³-hybridized carbons (Fsp3) is 0.556. The van der Waals surface area contributed by atoms with Gasteiger partial charge in [-0.2, -0.15) is 0 Å². The average molecular weight is 300 g/mol. The Bertz CT molecular complexity index is 539. The van der Waals surface area contributed by atoms with Crippen molar-refractivity contribution in [2.45, 2.75) is 32.6 Å². The van der Waals surface area contributed by atoms with Crippen LogP contribution in [0.25, 0.3) is 0 Å². The van der Waals surface area contributed by atoms with Crippen molar-refractivity contribution in [1.82, 2.24) is 4.90 Å². The highest BCUT2D eigenvalue weighted by atomic mass is 16.2. The minimum Gasteiger partial charge on any atom is -0.343 e. The molecule has 0 spiro atoms. The highest BCUT2D eigenvalue weighted by molar-refractivity contribution is 5.96. The Hall–Kier alpha value is -1.84. The van der Waals surface area contributed by atoms with Gasteiger partial charge >= 0.3 is 0 Å². The van der Waals surface area contributed by atoms with Gasteiger partial charge in [0, 0.05) is 38.2 Å². The normalized spacial score (nSPS) is 21.5. The maximum absolute atomic E-state index is 12.6. The highest BCUT2D eigenvalue weighted by Crippen LogP contribution is 2.33. The van der Waals surface area contributed by atoms with Crippen molar-refractivity contribution in [3.8, 4) is 0 Å². The summed E-state index contributed by atoms with van der Waals surface area (Å²) in [4.78, 5) is 28.1. The summed E-state index contributed by atoms with van der Waals surface area (Å²) in [6.45, 7) is 3.99. The van der Waals surface area contributed by atoms with Gasteiger partial charge in [-0.15, -0.1) is 0 Å². The lowest BCUT2D eigenvalue weighted by Gasteiger charge is -2.35. The number of benzene rings is 1. The molecule has 1 aromatic carbocycles. The number of hydrogen-bond acceptors (Lipinski definition) is 2. The molecule has 1 aliphatic carbocycles. The molecule has 4 heteroatoms. The van der Waals surface area contributed by atoms with Gasteiger partial charge in [0.15, 0.2) is 0 Å². The van der Waals surface area contributed by atoms with Crippen LogP contribution in [0.3, 0.4) is 0 Å². The van der Waals surface area contributed by atoms with Crippen LogP contribution in [0.1, 0.15) is 32.6 Å². The molecule has 1 unspecified atom stereocenters. The van der Waals surface area contributed by atoms with Crippen molar-refractivity contribution in [2.75, 3.05) is 24.5 Å². The van der Waals surface area contributed by atoms with Crippen LogP contribution in [0, 0.1) is 11.8 Å². The molecule has 0 aromatic heterocycles. The monoisotopic (exact) mass is 300 g/mol. The van der Waals surface area contributed by atoms with E-state index in [-0.39, 0.29) is 17.7 Å². The van der Waals surface area contributed by atoms with Gasteiger partial charge in [-0.1, -0.05) is 18.2 Å². The number of amides is 2. The standard InChI is InChI=1S/C18H24N2O2/c1-14(21)19-11-5-6-15(12-19)13-20(18(22)16-9-10-16)17-7-3-2-4-8-17/h2-4,7-8,15-16H,5-6,9-13H2,1H3. The van der Waals surface area contributed by atoms with Crippen LogP contribution >= 0.6 is 0 Å². The summed E-state index contributed by atoms with van der Waals surface area (Å²) in [6.07, 6.45) is 4.16. The summed E-state index contributed by atoms with van der Waals surface area (Å²) in [5.74, 6) is 0.990. The lowest BCUT2D eigenvalue weighted by Crippen LogP contribution is -2.45. The summed E-state index contributed by atoms with van der Waals surface area (Å²) < 4.78 is 0. The number of likely N-dealkylation sites (tertiary alicyclic amines) is 1. The Morgan fingerprint density at radius 1 is 1.18 bits per heavy atom. The molecule has 0 radical (unpaired) electrons. The Labute approximate surface area is 132 Å². The molecule has 0 N–H and O–H groups in total. The number of nitrogens with zero attached hydrogens (tertiary/aromatic N) is 2. The van der Waals surface area contributed by atoms with Crippen LogP contribution in [0.4, 0.5) is 5.69 Å². The largest absolute Gasteiger partial charge is 0.343 e. The summed E-state index contributed by atoms with van der Waals surface area (Å²) in [5, 5.41) is 0. The third kappa shape index (κ3) is 3.49. The summed E-state index contributed by atoms with van der Waals surface area (Å²) in [6, 6.07) is 9.94. The van der Waals surface area contributed by atoms with Crippen molar-refractivity contribution in [3.05, 3.63) is 30.3 Å². The maximum atomic E-state index is 12.6. The van der Waals surface area contributed by atoms with Crippen molar-refractivity contribution >= 4 is 17.5 Å². The molecular weight excluding hydrogens is 276 g/mol. The van der Waals surface area contributed by atoms with E-state index in [2.05, 4.69) is 0 Å². The molecule has 1 heterocycles. The second-order valence-corrected chi connectivity index (χ2v) is 6.53. The summed E-state index contributed by atoms with van der Waals surface area (Å²) >= 11 is 0. The number of para-hydroxylation sites is 1. The molecule has 2 aliphatic rings. The fourth-order valence-corrected chi connectivity index (χ4v) is 3.24. The highest BCUT2D eigenvalue weighted by Gasteiger charge is 2.35. The number of carbonyl (C=O) groups excluding carboxylic acids is 2. The van der Waals surface area contributed by atoms with Gasteiger partial charge in [0.05, 0.1) is 0 Å². The van der Waals surface area contributed by atoms with Gasteiger partial charge < -0.3 is 9.80 Å². The summed E-state index contributed by atoms with van der Waals surface area (Å²) in [5.41, 5.74) is 0.986. The SMILES string of the molecule is CC(=O)N1CCCC(CN(C(=O)C2CC2)c2ccccc2)C1. The van der Waals surface area contributed by atoms with E-state index in [1.165, 1.54) is 0 Å². The summed E-state index contributed by atoms with van der Waals surface area (Å²) in [7, 11) is 0. The minimum atomic E-state index is 0.143. The maximum Gasteiger partial charge on any atom is 0.230 e. The first-order chi connectivity index (χ1) is 10.6. The Balaban J connectivity index is 1.72. The first kappa shape index (κ1) is 15.1. The van der Waals surface area contributed by atoms with Gasteiger partial charge in [-0.25, -0.2) is 0 Å². The Morgan fingerprint density at radius 2 is 1.91 bits per heavy atom. The van der Waals surface area contributed by atoms with Crippen molar-refractivity contribution in [3.63, 3.8) is 0 Å². The van der Waals surface area contributed by atoms with Gasteiger partial charge in [-0.3, -0.25) is 9.59 Å². The molecule has 1 saturated heterocycles. The average Bonchev–Trinajstić information content (AvgIpc) is 3.38. The van der Waals surface area contributed by atoms with Crippen molar-refractivity contribution in [1.29, 1.82) is 0 Å². The third-order valence-electron chi connectivity index (χ3n) is 4.67. The van der Waals surface area contributed by atoms with Crippen LogP contribution in [0.5, 0.6) is 0 Å².